The van der Waals surface area contributed by atoms with Crippen LogP contribution in [0.5, 0.6) is 0 Å². The van der Waals surface area contributed by atoms with Crippen molar-refractivity contribution in [3.63, 3.8) is 0 Å². The Morgan fingerprint density at radius 2 is 2.33 bits per heavy atom. The number of hydrogen-bond donors (Lipinski definition) is 0. The zero-order chi connectivity index (χ0) is 8.29. The van der Waals surface area contributed by atoms with E-state index in [0.717, 1.165) is 16.5 Å². The van der Waals surface area contributed by atoms with Crippen molar-refractivity contribution in [3.8, 4) is 0 Å². The Balaban J connectivity index is 2.24. The van der Waals surface area contributed by atoms with Gasteiger partial charge in [-0.15, -0.1) is 0 Å². The van der Waals surface area contributed by atoms with E-state index in [1.807, 2.05) is 0 Å². The fraction of sp³-hybridized carbons (Fsp3) is 0.333. The molecule has 2 atom stereocenters. The van der Waals surface area contributed by atoms with Gasteiger partial charge in [-0.1, -0.05) is 15.9 Å². The summed E-state index contributed by atoms with van der Waals surface area (Å²) in [6.07, 6.45) is 1.45. The first-order valence-corrected chi connectivity index (χ1v) is 4.68. The van der Waals surface area contributed by atoms with Gasteiger partial charge in [0.05, 0.1) is 6.10 Å². The quantitative estimate of drug-likeness (QED) is 0.623. The van der Waals surface area contributed by atoms with E-state index >= 15 is 0 Å². The van der Waals surface area contributed by atoms with Crippen molar-refractivity contribution in [3.05, 3.63) is 33.5 Å². The van der Waals surface area contributed by atoms with Crippen LogP contribution in [0.25, 0.3) is 0 Å². The number of halogens is 2. The van der Waals surface area contributed by atoms with Crippen molar-refractivity contribution < 1.29 is 9.13 Å². The third kappa shape index (κ3) is 0.808. The lowest BCUT2D eigenvalue weighted by Crippen LogP contribution is -1.92. The van der Waals surface area contributed by atoms with Gasteiger partial charge in [0.1, 0.15) is 11.9 Å². The SMILES string of the molecule is Fc1cc(Br)c2c(c1)C1OC1C2. The van der Waals surface area contributed by atoms with E-state index in [1.165, 1.54) is 11.6 Å². The monoisotopic (exact) mass is 228 g/mol. The van der Waals surface area contributed by atoms with E-state index in [4.69, 9.17) is 4.74 Å². The zero-order valence-corrected chi connectivity index (χ0v) is 7.77. The van der Waals surface area contributed by atoms with Gasteiger partial charge in [0.25, 0.3) is 0 Å². The first-order chi connectivity index (χ1) is 5.75. The fourth-order valence-corrected chi connectivity index (χ4v) is 2.47. The summed E-state index contributed by atoms with van der Waals surface area (Å²) in [5, 5.41) is 0. The third-order valence-electron chi connectivity index (χ3n) is 2.49. The molecule has 1 heterocycles. The molecule has 0 aromatic heterocycles. The summed E-state index contributed by atoms with van der Waals surface area (Å²) in [6, 6.07) is 3.10. The topological polar surface area (TPSA) is 12.5 Å². The van der Waals surface area contributed by atoms with Gasteiger partial charge in [-0.2, -0.15) is 0 Å². The van der Waals surface area contributed by atoms with Crippen LogP contribution in [-0.2, 0) is 11.2 Å². The molecular weight excluding hydrogens is 223 g/mol. The van der Waals surface area contributed by atoms with Crippen molar-refractivity contribution in [1.82, 2.24) is 0 Å². The summed E-state index contributed by atoms with van der Waals surface area (Å²) < 4.78 is 19.1. The van der Waals surface area contributed by atoms with Crippen LogP contribution in [0.2, 0.25) is 0 Å². The highest BCUT2D eigenvalue weighted by Crippen LogP contribution is 2.50. The number of ether oxygens (including phenoxy) is 1. The average Bonchev–Trinajstić information content (AvgIpc) is 2.68. The number of epoxide rings is 1. The molecule has 1 aliphatic heterocycles. The summed E-state index contributed by atoms with van der Waals surface area (Å²) in [5.41, 5.74) is 2.25. The van der Waals surface area contributed by atoms with Crippen LogP contribution in [-0.4, -0.2) is 6.10 Å². The molecule has 1 aromatic rings. The van der Waals surface area contributed by atoms with Gasteiger partial charge >= 0.3 is 0 Å². The summed E-state index contributed by atoms with van der Waals surface area (Å²) in [4.78, 5) is 0. The lowest BCUT2D eigenvalue weighted by Gasteiger charge is -2.04. The summed E-state index contributed by atoms with van der Waals surface area (Å²) >= 11 is 3.35. The van der Waals surface area contributed by atoms with Crippen LogP contribution in [0.4, 0.5) is 4.39 Å². The van der Waals surface area contributed by atoms with E-state index in [1.54, 1.807) is 6.07 Å². The molecule has 3 rings (SSSR count). The van der Waals surface area contributed by atoms with Crippen LogP contribution in [0, 0.1) is 5.82 Å². The maximum atomic E-state index is 12.9. The molecule has 1 fully saturated rings. The zero-order valence-electron chi connectivity index (χ0n) is 6.18. The molecule has 3 heteroatoms. The van der Waals surface area contributed by atoms with Crippen LogP contribution in [0.1, 0.15) is 17.2 Å². The molecule has 1 saturated heterocycles. The highest BCUT2D eigenvalue weighted by molar-refractivity contribution is 9.10. The Kier molecular flexibility index (Phi) is 1.23. The van der Waals surface area contributed by atoms with Crippen molar-refractivity contribution >= 4 is 15.9 Å². The van der Waals surface area contributed by atoms with Gasteiger partial charge in [-0.3, -0.25) is 0 Å². The van der Waals surface area contributed by atoms with Crippen molar-refractivity contribution in [1.29, 1.82) is 0 Å². The number of rotatable bonds is 0. The Bertz CT molecular complexity index is 364. The molecule has 12 heavy (non-hydrogen) atoms. The minimum Gasteiger partial charge on any atom is -0.364 e. The maximum absolute atomic E-state index is 12.9. The minimum absolute atomic E-state index is 0.184. The van der Waals surface area contributed by atoms with Crippen LogP contribution >= 0.6 is 15.9 Å². The van der Waals surface area contributed by atoms with Gasteiger partial charge in [0.15, 0.2) is 0 Å². The maximum Gasteiger partial charge on any atom is 0.124 e. The Hall–Kier alpha value is -0.410. The van der Waals surface area contributed by atoms with Crippen molar-refractivity contribution in [2.24, 2.45) is 0 Å². The van der Waals surface area contributed by atoms with Gasteiger partial charge in [0, 0.05) is 10.9 Å². The molecular formula is C9H6BrFO. The van der Waals surface area contributed by atoms with E-state index in [-0.39, 0.29) is 11.9 Å². The largest absolute Gasteiger partial charge is 0.364 e. The Morgan fingerprint density at radius 1 is 1.50 bits per heavy atom. The Morgan fingerprint density at radius 3 is 3.17 bits per heavy atom. The van der Waals surface area contributed by atoms with Crippen molar-refractivity contribution in [2.45, 2.75) is 18.6 Å². The van der Waals surface area contributed by atoms with E-state index in [0.29, 0.717) is 6.10 Å². The third-order valence-corrected chi connectivity index (χ3v) is 3.20. The van der Waals surface area contributed by atoms with Gasteiger partial charge in [-0.25, -0.2) is 4.39 Å². The molecule has 1 nitrogen and oxygen atoms in total. The van der Waals surface area contributed by atoms with Crippen LogP contribution in [0.15, 0.2) is 16.6 Å². The van der Waals surface area contributed by atoms with Crippen LogP contribution < -0.4 is 0 Å². The summed E-state index contributed by atoms with van der Waals surface area (Å²) in [6.45, 7) is 0. The fourth-order valence-electron chi connectivity index (χ4n) is 1.87. The Labute approximate surface area is 77.7 Å². The van der Waals surface area contributed by atoms with E-state index in [9.17, 15) is 4.39 Å². The molecule has 0 saturated carbocycles. The molecule has 0 spiro atoms. The molecule has 2 aliphatic rings. The number of fused-ring (bicyclic) bond motifs is 3. The average molecular weight is 229 g/mol. The first kappa shape index (κ1) is 7.04. The lowest BCUT2D eigenvalue weighted by atomic mass is 10.1. The molecule has 0 N–H and O–H groups in total. The minimum atomic E-state index is -0.184. The molecule has 1 aromatic carbocycles. The molecule has 0 bridgehead atoms. The molecule has 0 radical (unpaired) electrons. The van der Waals surface area contributed by atoms with Gasteiger partial charge in [-0.05, 0) is 23.3 Å². The van der Waals surface area contributed by atoms with Crippen molar-refractivity contribution in [2.75, 3.05) is 0 Å². The molecule has 2 unspecified atom stereocenters. The van der Waals surface area contributed by atoms with Gasteiger partial charge < -0.3 is 4.74 Å². The second-order valence-corrected chi connectivity index (χ2v) is 4.11. The molecule has 0 amide bonds. The molecule has 62 valence electrons. The predicted molar refractivity (Wildman–Crippen MR) is 45.4 cm³/mol. The smallest absolute Gasteiger partial charge is 0.124 e. The lowest BCUT2D eigenvalue weighted by molar-refractivity contribution is 0.360. The predicted octanol–water partition coefficient (Wildman–Crippen LogP) is 2.58. The highest BCUT2D eigenvalue weighted by atomic mass is 79.9. The molecule has 1 aliphatic carbocycles. The standard InChI is InChI=1S/C9H6BrFO/c10-7-2-4(11)1-6-5(7)3-8-9(6)12-8/h1-2,8-9H,3H2. The number of benzene rings is 1. The number of hydrogen-bond acceptors (Lipinski definition) is 1. The first-order valence-electron chi connectivity index (χ1n) is 3.89. The highest BCUT2D eigenvalue weighted by Gasteiger charge is 2.48. The summed E-state index contributed by atoms with van der Waals surface area (Å²) in [5.74, 6) is -0.184. The second kappa shape index (κ2) is 2.09. The second-order valence-electron chi connectivity index (χ2n) is 3.25. The summed E-state index contributed by atoms with van der Waals surface area (Å²) in [7, 11) is 0. The normalized spacial score (nSPS) is 29.8. The van der Waals surface area contributed by atoms with Crippen LogP contribution in [0.3, 0.4) is 0 Å². The van der Waals surface area contributed by atoms with E-state index < -0.39 is 0 Å². The van der Waals surface area contributed by atoms with Gasteiger partial charge in [0.2, 0.25) is 0 Å². The van der Waals surface area contributed by atoms with E-state index in [2.05, 4.69) is 15.9 Å².